The SMILES string of the molecule is NCC(O)c1ccc(CN2CCCC2)c(F)c1. The Kier molecular flexibility index (Phi) is 4.10. The Labute approximate surface area is 101 Å². The predicted molar refractivity (Wildman–Crippen MR) is 64.9 cm³/mol. The first-order valence-electron chi connectivity index (χ1n) is 6.09. The van der Waals surface area contributed by atoms with E-state index in [1.807, 2.05) is 0 Å². The third kappa shape index (κ3) is 3.03. The lowest BCUT2D eigenvalue weighted by atomic mass is 10.1. The lowest BCUT2D eigenvalue weighted by Crippen LogP contribution is -2.19. The van der Waals surface area contributed by atoms with Gasteiger partial charge in [-0.15, -0.1) is 0 Å². The number of aliphatic hydroxyl groups is 1. The molecule has 3 nitrogen and oxygen atoms in total. The van der Waals surface area contributed by atoms with Crippen LogP contribution in [0.5, 0.6) is 0 Å². The van der Waals surface area contributed by atoms with E-state index in [1.165, 1.54) is 18.9 Å². The number of halogens is 1. The van der Waals surface area contributed by atoms with Gasteiger partial charge in [0.2, 0.25) is 0 Å². The van der Waals surface area contributed by atoms with Crippen molar-refractivity contribution in [1.29, 1.82) is 0 Å². The van der Waals surface area contributed by atoms with Gasteiger partial charge >= 0.3 is 0 Å². The fourth-order valence-corrected chi connectivity index (χ4v) is 2.22. The summed E-state index contributed by atoms with van der Waals surface area (Å²) in [5.74, 6) is -0.248. The van der Waals surface area contributed by atoms with Gasteiger partial charge in [-0.2, -0.15) is 0 Å². The van der Waals surface area contributed by atoms with Crippen LogP contribution >= 0.6 is 0 Å². The standard InChI is InChI=1S/C13H19FN2O/c14-12-7-10(13(17)8-15)3-4-11(12)9-16-5-1-2-6-16/h3-4,7,13,17H,1-2,5-6,8-9,15H2. The van der Waals surface area contributed by atoms with Crippen molar-refractivity contribution in [2.75, 3.05) is 19.6 Å². The Morgan fingerprint density at radius 1 is 1.35 bits per heavy atom. The van der Waals surface area contributed by atoms with E-state index in [2.05, 4.69) is 4.90 Å². The molecular formula is C13H19FN2O. The Morgan fingerprint density at radius 2 is 2.06 bits per heavy atom. The van der Waals surface area contributed by atoms with Crippen LogP contribution < -0.4 is 5.73 Å². The van der Waals surface area contributed by atoms with Gasteiger partial charge in [-0.25, -0.2) is 4.39 Å². The summed E-state index contributed by atoms with van der Waals surface area (Å²) in [6.45, 7) is 2.87. The van der Waals surface area contributed by atoms with Crippen LogP contribution in [-0.2, 0) is 6.54 Å². The molecule has 3 N–H and O–H groups in total. The van der Waals surface area contributed by atoms with Crippen molar-refractivity contribution in [3.8, 4) is 0 Å². The van der Waals surface area contributed by atoms with Crippen LogP contribution in [0.1, 0.15) is 30.1 Å². The molecule has 1 aliphatic heterocycles. The summed E-state index contributed by atoms with van der Waals surface area (Å²) in [5, 5.41) is 9.53. The molecule has 0 bridgehead atoms. The van der Waals surface area contributed by atoms with Crippen LogP contribution in [0.3, 0.4) is 0 Å². The summed E-state index contributed by atoms with van der Waals surface area (Å²) < 4.78 is 13.8. The van der Waals surface area contributed by atoms with Gasteiger partial charge in [0.15, 0.2) is 0 Å². The molecule has 1 aromatic rings. The highest BCUT2D eigenvalue weighted by atomic mass is 19.1. The maximum absolute atomic E-state index is 13.8. The average Bonchev–Trinajstić information content (AvgIpc) is 2.83. The fourth-order valence-electron chi connectivity index (χ4n) is 2.22. The zero-order valence-corrected chi connectivity index (χ0v) is 9.90. The molecule has 0 aliphatic carbocycles. The molecule has 4 heteroatoms. The highest BCUT2D eigenvalue weighted by molar-refractivity contribution is 5.26. The third-order valence-electron chi connectivity index (χ3n) is 3.28. The molecule has 1 fully saturated rings. The molecule has 1 saturated heterocycles. The van der Waals surface area contributed by atoms with Gasteiger partial charge in [0, 0.05) is 18.7 Å². The smallest absolute Gasteiger partial charge is 0.128 e. The maximum Gasteiger partial charge on any atom is 0.128 e. The monoisotopic (exact) mass is 238 g/mol. The molecule has 0 radical (unpaired) electrons. The molecule has 1 aliphatic rings. The van der Waals surface area contributed by atoms with Gasteiger partial charge in [0.05, 0.1) is 6.10 Å². The first-order valence-corrected chi connectivity index (χ1v) is 6.09. The Hall–Kier alpha value is -0.970. The molecule has 1 aromatic carbocycles. The molecule has 17 heavy (non-hydrogen) atoms. The number of aliphatic hydroxyl groups excluding tert-OH is 1. The van der Waals surface area contributed by atoms with Gasteiger partial charge < -0.3 is 10.8 Å². The normalized spacial score (nSPS) is 18.5. The Morgan fingerprint density at radius 3 is 2.65 bits per heavy atom. The second-order valence-corrected chi connectivity index (χ2v) is 4.59. The zero-order valence-electron chi connectivity index (χ0n) is 9.90. The van der Waals surface area contributed by atoms with Crippen molar-refractivity contribution in [3.05, 3.63) is 35.1 Å². The van der Waals surface area contributed by atoms with E-state index < -0.39 is 6.10 Å². The molecule has 94 valence electrons. The molecule has 0 spiro atoms. The summed E-state index contributed by atoms with van der Waals surface area (Å²) in [5.41, 5.74) is 6.59. The van der Waals surface area contributed by atoms with E-state index >= 15 is 0 Å². The predicted octanol–water partition coefficient (Wildman–Crippen LogP) is 1.41. The largest absolute Gasteiger partial charge is 0.387 e. The average molecular weight is 238 g/mol. The molecule has 1 unspecified atom stereocenters. The molecular weight excluding hydrogens is 219 g/mol. The number of rotatable bonds is 4. The van der Waals surface area contributed by atoms with Gasteiger partial charge in [-0.1, -0.05) is 12.1 Å². The molecule has 1 atom stereocenters. The van der Waals surface area contributed by atoms with Crippen LogP contribution in [-0.4, -0.2) is 29.6 Å². The van der Waals surface area contributed by atoms with Gasteiger partial charge in [0.25, 0.3) is 0 Å². The van der Waals surface area contributed by atoms with Gasteiger partial charge in [0.1, 0.15) is 5.82 Å². The first kappa shape index (κ1) is 12.5. The van der Waals surface area contributed by atoms with E-state index in [1.54, 1.807) is 12.1 Å². The number of nitrogens with two attached hydrogens (primary N) is 1. The van der Waals surface area contributed by atoms with Crippen molar-refractivity contribution in [2.24, 2.45) is 5.73 Å². The maximum atomic E-state index is 13.8. The van der Waals surface area contributed by atoms with Crippen LogP contribution in [0.25, 0.3) is 0 Å². The molecule has 0 aromatic heterocycles. The van der Waals surface area contributed by atoms with E-state index in [-0.39, 0.29) is 12.4 Å². The lowest BCUT2D eigenvalue weighted by Gasteiger charge is -2.16. The second-order valence-electron chi connectivity index (χ2n) is 4.59. The Bertz CT molecular complexity index is 378. The van der Waals surface area contributed by atoms with Crippen LogP contribution in [0.2, 0.25) is 0 Å². The minimum Gasteiger partial charge on any atom is -0.387 e. The molecule has 1 heterocycles. The summed E-state index contributed by atoms with van der Waals surface area (Å²) in [6.07, 6.45) is 1.63. The summed E-state index contributed by atoms with van der Waals surface area (Å²) in [7, 11) is 0. The van der Waals surface area contributed by atoms with Crippen molar-refractivity contribution in [2.45, 2.75) is 25.5 Å². The van der Waals surface area contributed by atoms with Crippen LogP contribution in [0.15, 0.2) is 18.2 Å². The lowest BCUT2D eigenvalue weighted by molar-refractivity contribution is 0.186. The van der Waals surface area contributed by atoms with E-state index in [0.29, 0.717) is 17.7 Å². The van der Waals surface area contributed by atoms with Gasteiger partial charge in [-0.05, 0) is 37.6 Å². The van der Waals surface area contributed by atoms with E-state index in [0.717, 1.165) is 13.1 Å². The topological polar surface area (TPSA) is 49.5 Å². The highest BCUT2D eigenvalue weighted by Crippen LogP contribution is 2.19. The van der Waals surface area contributed by atoms with Crippen LogP contribution in [0, 0.1) is 5.82 Å². The second kappa shape index (κ2) is 5.58. The van der Waals surface area contributed by atoms with E-state index in [4.69, 9.17) is 5.73 Å². The third-order valence-corrected chi connectivity index (χ3v) is 3.28. The molecule has 0 saturated carbocycles. The minimum absolute atomic E-state index is 0.116. The highest BCUT2D eigenvalue weighted by Gasteiger charge is 2.15. The van der Waals surface area contributed by atoms with E-state index in [9.17, 15) is 9.50 Å². The zero-order chi connectivity index (χ0) is 12.3. The van der Waals surface area contributed by atoms with Crippen LogP contribution in [0.4, 0.5) is 4.39 Å². The summed E-state index contributed by atoms with van der Waals surface area (Å²) in [6, 6.07) is 4.90. The number of likely N-dealkylation sites (tertiary alicyclic amines) is 1. The molecule has 2 rings (SSSR count). The number of hydrogen-bond donors (Lipinski definition) is 2. The summed E-state index contributed by atoms with van der Waals surface area (Å²) in [4.78, 5) is 2.25. The number of hydrogen-bond acceptors (Lipinski definition) is 3. The Balaban J connectivity index is 2.08. The quantitative estimate of drug-likeness (QED) is 0.834. The number of nitrogens with zero attached hydrogens (tertiary/aromatic N) is 1. The van der Waals surface area contributed by atoms with Crippen molar-refractivity contribution in [3.63, 3.8) is 0 Å². The van der Waals surface area contributed by atoms with Crippen molar-refractivity contribution < 1.29 is 9.50 Å². The van der Waals surface area contributed by atoms with Crippen molar-refractivity contribution >= 4 is 0 Å². The number of benzene rings is 1. The minimum atomic E-state index is -0.773. The molecule has 0 amide bonds. The fraction of sp³-hybridized carbons (Fsp3) is 0.538. The summed E-state index contributed by atoms with van der Waals surface area (Å²) >= 11 is 0. The van der Waals surface area contributed by atoms with Crippen molar-refractivity contribution in [1.82, 2.24) is 4.90 Å². The first-order chi connectivity index (χ1) is 8.20. The van der Waals surface area contributed by atoms with Gasteiger partial charge in [-0.3, -0.25) is 4.90 Å².